The van der Waals surface area contributed by atoms with Crippen LogP contribution in [0.4, 0.5) is 0 Å². The van der Waals surface area contributed by atoms with E-state index in [9.17, 15) is 0 Å². The Morgan fingerprint density at radius 3 is 2.50 bits per heavy atom. The van der Waals surface area contributed by atoms with Gasteiger partial charge in [0.05, 0.1) is 0 Å². The number of rotatable bonds is 2. The van der Waals surface area contributed by atoms with Crippen molar-refractivity contribution in [1.82, 2.24) is 0 Å². The van der Waals surface area contributed by atoms with Crippen molar-refractivity contribution >= 4 is 22.3 Å². The van der Waals surface area contributed by atoms with Crippen molar-refractivity contribution < 1.29 is 19.4 Å². The maximum absolute atomic E-state index is 5.34. The van der Waals surface area contributed by atoms with Gasteiger partial charge in [0.2, 0.25) is 0 Å². The number of aliphatic imine (C=N–C) groups is 1. The van der Waals surface area contributed by atoms with Crippen molar-refractivity contribution in [2.75, 3.05) is 0 Å². The summed E-state index contributed by atoms with van der Waals surface area (Å²) in [4.78, 5) is 3.17. The fourth-order valence-corrected chi connectivity index (χ4v) is 0.932. The first-order chi connectivity index (χ1) is 3.66. The Labute approximate surface area is 63.8 Å². The summed E-state index contributed by atoms with van der Waals surface area (Å²) in [5.74, 6) is 0. The number of hydrogen-bond donors (Lipinski definition) is 1. The minimum atomic E-state index is 0.234. The monoisotopic (exact) mass is 299 g/mol. The molecule has 0 atom stereocenters. The summed E-state index contributed by atoms with van der Waals surface area (Å²) in [5, 5.41) is 0.234. The minimum absolute atomic E-state index is 0.234. The fraction of sp³-hybridized carbons (Fsp3) is 0. The Morgan fingerprint density at radius 1 is 1.88 bits per heavy atom. The van der Waals surface area contributed by atoms with Crippen molar-refractivity contribution in [1.29, 1.82) is 0 Å². The molecule has 2 N–H and O–H groups in total. The zero-order valence-electron chi connectivity index (χ0n) is 3.97. The van der Waals surface area contributed by atoms with E-state index in [1.165, 1.54) is 6.08 Å². The second-order valence-corrected chi connectivity index (χ2v) is 3.08. The molecule has 44 valence electrons. The zero-order chi connectivity index (χ0) is 6.57. The predicted octanol–water partition coefficient (Wildman–Crippen LogP) is 0.280. The molecule has 0 fully saturated rings. The van der Waals surface area contributed by atoms with Gasteiger partial charge in [0.25, 0.3) is 0 Å². The van der Waals surface area contributed by atoms with Gasteiger partial charge >= 0.3 is 63.7 Å². The number of hydrogen-bond acceptors (Lipinski definition) is 2. The van der Waals surface area contributed by atoms with Crippen molar-refractivity contribution in [3.8, 4) is 0 Å². The van der Waals surface area contributed by atoms with E-state index in [-0.39, 0.29) is 5.16 Å². The van der Waals surface area contributed by atoms with Gasteiger partial charge in [0, 0.05) is 0 Å². The zero-order valence-corrected chi connectivity index (χ0v) is 7.65. The van der Waals surface area contributed by atoms with Crippen LogP contribution >= 0.6 is 11.6 Å². The van der Waals surface area contributed by atoms with Gasteiger partial charge in [-0.1, -0.05) is 0 Å². The summed E-state index contributed by atoms with van der Waals surface area (Å²) in [6.07, 6.45) is 1.51. The van der Waals surface area contributed by atoms with Gasteiger partial charge in [-0.2, -0.15) is 0 Å². The van der Waals surface area contributed by atoms with E-state index in [0.717, 1.165) is 19.4 Å². The van der Waals surface area contributed by atoms with Crippen LogP contribution in [0.1, 0.15) is 0 Å². The van der Waals surface area contributed by atoms with Crippen LogP contribution in [-0.4, -0.2) is 10.7 Å². The molecule has 0 radical (unpaired) electrons. The molecule has 0 amide bonds. The Morgan fingerprint density at radius 2 is 2.38 bits per heavy atom. The third-order valence-electron chi connectivity index (χ3n) is 0.385. The van der Waals surface area contributed by atoms with E-state index in [1.807, 2.05) is 0 Å². The molecule has 4 heteroatoms. The van der Waals surface area contributed by atoms with Crippen LogP contribution in [0.25, 0.3) is 0 Å². The average molecular weight is 299 g/mol. The summed E-state index contributed by atoms with van der Waals surface area (Å²) in [6, 6.07) is 0. The summed E-state index contributed by atoms with van der Waals surface area (Å²) >= 11 is 6.50. The molecule has 0 aliphatic rings. The van der Waals surface area contributed by atoms with Crippen molar-refractivity contribution in [2.45, 2.75) is 0 Å². The Hall–Kier alpha value is 0.218. The van der Waals surface area contributed by atoms with E-state index in [1.54, 1.807) is 0 Å². The molecule has 0 aromatic rings. The molecular weight excluding hydrogens is 295 g/mol. The standard InChI is InChI=1S/C4H4ClN2.W/c1-7-4(5)2-3-6;/h1-2H,6H2;/q-1;/b4-2-;. The van der Waals surface area contributed by atoms with E-state index < -0.39 is 0 Å². The first kappa shape index (κ1) is 8.22. The second-order valence-electron chi connectivity index (χ2n) is 0.999. The topological polar surface area (TPSA) is 38.4 Å². The van der Waals surface area contributed by atoms with E-state index in [4.69, 9.17) is 24.1 Å². The molecule has 0 unspecified atom stereocenters. The molecule has 8 heavy (non-hydrogen) atoms. The van der Waals surface area contributed by atoms with Crippen LogP contribution in [0.15, 0.2) is 16.2 Å². The molecule has 0 saturated heterocycles. The van der Waals surface area contributed by atoms with E-state index in [0.29, 0.717) is 4.02 Å². The Balaban J connectivity index is 3.94. The summed E-state index contributed by atoms with van der Waals surface area (Å²) < 4.78 is 0.671. The Bertz CT molecular complexity index is 141. The van der Waals surface area contributed by atoms with Gasteiger partial charge in [-0.25, -0.2) is 0 Å². The van der Waals surface area contributed by atoms with Gasteiger partial charge in [0.15, 0.2) is 0 Å². The number of nitrogens with two attached hydrogens (primary N) is 1. The first-order valence-corrected chi connectivity index (χ1v) is 3.59. The molecule has 0 aliphatic carbocycles. The van der Waals surface area contributed by atoms with Gasteiger partial charge in [-0.3, -0.25) is 0 Å². The molecule has 0 aliphatic heterocycles. The molecule has 0 aromatic heterocycles. The van der Waals surface area contributed by atoms with E-state index in [2.05, 4.69) is 4.99 Å². The molecule has 0 spiro atoms. The quantitative estimate of drug-likeness (QED) is 0.444. The Kier molecular flexibility index (Phi) is 4.25. The molecular formula is C4H4ClN2W-. The van der Waals surface area contributed by atoms with Crippen LogP contribution in [0, 0.1) is 0 Å². The van der Waals surface area contributed by atoms with Gasteiger partial charge in [0.1, 0.15) is 0 Å². The van der Waals surface area contributed by atoms with E-state index >= 15 is 0 Å². The van der Waals surface area contributed by atoms with Crippen LogP contribution in [0.2, 0.25) is 0 Å². The van der Waals surface area contributed by atoms with Crippen LogP contribution in [0.5, 0.6) is 0 Å². The van der Waals surface area contributed by atoms with Gasteiger partial charge in [-0.15, -0.1) is 0 Å². The molecule has 0 rings (SSSR count). The van der Waals surface area contributed by atoms with Crippen molar-refractivity contribution in [2.24, 2.45) is 10.7 Å². The summed E-state index contributed by atoms with van der Waals surface area (Å²) in [6.45, 7) is 4.79. The second kappa shape index (κ2) is 4.13. The predicted molar refractivity (Wildman–Crippen MR) is 31.6 cm³/mol. The average Bonchev–Trinajstić information content (AvgIpc) is 1.65. The first-order valence-electron chi connectivity index (χ1n) is 1.74. The third-order valence-corrected chi connectivity index (χ3v) is 1.01. The summed E-state index contributed by atoms with van der Waals surface area (Å²) in [5.41, 5.74) is 5.25. The van der Waals surface area contributed by atoms with Gasteiger partial charge in [-0.05, 0) is 0 Å². The number of halogens is 1. The van der Waals surface area contributed by atoms with Crippen molar-refractivity contribution in [3.05, 3.63) is 11.2 Å². The fourth-order valence-electron chi connectivity index (χ4n) is 0.155. The van der Waals surface area contributed by atoms with Crippen LogP contribution in [0.3, 0.4) is 0 Å². The molecule has 0 heterocycles. The molecule has 0 bridgehead atoms. The van der Waals surface area contributed by atoms with Crippen molar-refractivity contribution in [3.63, 3.8) is 0 Å². The molecule has 0 aromatic carbocycles. The SMILES string of the molecule is [CH-]=N/C(Cl)=C\[C](N)=[W]. The van der Waals surface area contributed by atoms with Crippen LogP contribution < -0.4 is 5.73 Å². The third kappa shape index (κ3) is 4.38. The van der Waals surface area contributed by atoms with Gasteiger partial charge < -0.3 is 0 Å². The number of nitrogens with zero attached hydrogens (tertiary/aromatic N) is 1. The normalized spacial score (nSPS) is 11.0. The summed E-state index contributed by atoms with van der Waals surface area (Å²) in [7, 11) is 0. The van der Waals surface area contributed by atoms with Crippen LogP contribution in [-0.2, 0) is 19.4 Å². The molecule has 0 saturated carbocycles. The maximum atomic E-state index is 5.34. The molecule has 2 nitrogen and oxygen atoms in total.